The molecule has 0 aliphatic heterocycles. The van der Waals surface area contributed by atoms with Gasteiger partial charge < -0.3 is 9.51 Å². The predicted molar refractivity (Wildman–Crippen MR) is 60.8 cm³/mol. The van der Waals surface area contributed by atoms with Gasteiger partial charge in [0.05, 0.1) is 11.3 Å². The van der Waals surface area contributed by atoms with Crippen molar-refractivity contribution in [2.24, 2.45) is 0 Å². The van der Waals surface area contributed by atoms with E-state index in [1.807, 2.05) is 6.20 Å². The Balaban J connectivity index is 2.34. The molecule has 0 atom stereocenters. The number of unbranched alkanes of at least 4 members (excludes halogenated alkanes) is 1. The Morgan fingerprint density at radius 2 is 2.25 bits per heavy atom. The number of aryl methyl sites for hydroxylation is 1. The topological polar surface area (TPSA) is 54.6 Å². The standard InChI is InChI=1S/C12H14N2O2/c1-2-3-4-10-8-14-7-9(12(15)16)5-6-11(14)13-10/h5-8H,2-4H2,1H3,(H,15,16). The molecule has 0 aromatic carbocycles. The van der Waals surface area contributed by atoms with Crippen LogP contribution in [0.5, 0.6) is 0 Å². The van der Waals surface area contributed by atoms with Gasteiger partial charge in [0, 0.05) is 12.4 Å². The maximum absolute atomic E-state index is 10.8. The average Bonchev–Trinajstić information content (AvgIpc) is 2.67. The van der Waals surface area contributed by atoms with Crippen molar-refractivity contribution in [3.05, 3.63) is 35.8 Å². The van der Waals surface area contributed by atoms with E-state index in [0.29, 0.717) is 0 Å². The summed E-state index contributed by atoms with van der Waals surface area (Å²) in [5.41, 5.74) is 2.10. The van der Waals surface area contributed by atoms with Gasteiger partial charge in [-0.15, -0.1) is 0 Å². The van der Waals surface area contributed by atoms with Crippen LogP contribution >= 0.6 is 0 Å². The van der Waals surface area contributed by atoms with Gasteiger partial charge in [-0.25, -0.2) is 9.78 Å². The SMILES string of the molecule is CCCCc1cn2cc(C(=O)O)ccc2n1. The summed E-state index contributed by atoms with van der Waals surface area (Å²) in [5.74, 6) is -0.911. The van der Waals surface area contributed by atoms with Crippen LogP contribution in [0, 0.1) is 0 Å². The van der Waals surface area contributed by atoms with Crippen molar-refractivity contribution in [1.29, 1.82) is 0 Å². The molecule has 0 radical (unpaired) electrons. The third-order valence-electron chi connectivity index (χ3n) is 2.53. The predicted octanol–water partition coefficient (Wildman–Crippen LogP) is 2.38. The van der Waals surface area contributed by atoms with Crippen LogP contribution in [0.2, 0.25) is 0 Å². The van der Waals surface area contributed by atoms with Gasteiger partial charge in [-0.2, -0.15) is 0 Å². The third-order valence-corrected chi connectivity index (χ3v) is 2.53. The van der Waals surface area contributed by atoms with Gasteiger partial charge in [0.1, 0.15) is 5.65 Å². The molecule has 2 aromatic heterocycles. The molecule has 0 spiro atoms. The number of fused-ring (bicyclic) bond motifs is 1. The molecule has 2 rings (SSSR count). The first kappa shape index (κ1) is 10.7. The molecule has 0 aliphatic carbocycles. The number of imidazole rings is 1. The first-order valence-corrected chi connectivity index (χ1v) is 5.41. The van der Waals surface area contributed by atoms with Crippen molar-refractivity contribution < 1.29 is 9.90 Å². The van der Waals surface area contributed by atoms with Crippen LogP contribution in [-0.4, -0.2) is 20.5 Å². The number of carboxylic acids is 1. The first-order chi connectivity index (χ1) is 7.70. The van der Waals surface area contributed by atoms with Gasteiger partial charge in [0.15, 0.2) is 0 Å². The Morgan fingerprint density at radius 3 is 2.94 bits per heavy atom. The number of carbonyl (C=O) groups is 1. The number of carboxylic acid groups (broad SMARTS) is 1. The van der Waals surface area contributed by atoms with Crippen LogP contribution < -0.4 is 0 Å². The fourth-order valence-electron chi connectivity index (χ4n) is 1.65. The minimum Gasteiger partial charge on any atom is -0.478 e. The van der Waals surface area contributed by atoms with E-state index < -0.39 is 5.97 Å². The van der Waals surface area contributed by atoms with Crippen molar-refractivity contribution >= 4 is 11.6 Å². The zero-order valence-electron chi connectivity index (χ0n) is 9.18. The molecule has 0 amide bonds. The highest BCUT2D eigenvalue weighted by Gasteiger charge is 2.05. The van der Waals surface area contributed by atoms with Crippen LogP contribution in [0.1, 0.15) is 35.8 Å². The van der Waals surface area contributed by atoms with Crippen LogP contribution in [0.3, 0.4) is 0 Å². The first-order valence-electron chi connectivity index (χ1n) is 5.41. The van der Waals surface area contributed by atoms with Crippen molar-refractivity contribution in [2.75, 3.05) is 0 Å². The van der Waals surface area contributed by atoms with Crippen LogP contribution in [-0.2, 0) is 6.42 Å². The molecule has 2 aromatic rings. The lowest BCUT2D eigenvalue weighted by Gasteiger charge is -1.95. The number of nitrogens with zero attached hydrogens (tertiary/aromatic N) is 2. The highest BCUT2D eigenvalue weighted by atomic mass is 16.4. The summed E-state index contributed by atoms with van der Waals surface area (Å²) >= 11 is 0. The van der Waals surface area contributed by atoms with Gasteiger partial charge in [-0.1, -0.05) is 13.3 Å². The monoisotopic (exact) mass is 218 g/mol. The molecule has 0 bridgehead atoms. The number of pyridine rings is 1. The minimum atomic E-state index is -0.911. The summed E-state index contributed by atoms with van der Waals surface area (Å²) in [4.78, 5) is 15.2. The minimum absolute atomic E-state index is 0.284. The lowest BCUT2D eigenvalue weighted by molar-refractivity contribution is 0.0696. The molecule has 1 N–H and O–H groups in total. The fraction of sp³-hybridized carbons (Fsp3) is 0.333. The molecule has 2 heterocycles. The summed E-state index contributed by atoms with van der Waals surface area (Å²) in [5, 5.41) is 8.86. The molecule has 0 fully saturated rings. The molecule has 0 unspecified atom stereocenters. The van der Waals surface area contributed by atoms with Gasteiger partial charge in [0.2, 0.25) is 0 Å². The van der Waals surface area contributed by atoms with Crippen molar-refractivity contribution in [3.63, 3.8) is 0 Å². The Morgan fingerprint density at radius 1 is 1.44 bits per heavy atom. The summed E-state index contributed by atoms with van der Waals surface area (Å²) in [6, 6.07) is 3.31. The summed E-state index contributed by atoms with van der Waals surface area (Å²) in [6.07, 6.45) is 6.68. The second kappa shape index (κ2) is 4.35. The van der Waals surface area contributed by atoms with Crippen LogP contribution in [0.4, 0.5) is 0 Å². The molecular formula is C12H14N2O2. The lowest BCUT2D eigenvalue weighted by atomic mass is 10.2. The molecule has 84 valence electrons. The lowest BCUT2D eigenvalue weighted by Crippen LogP contribution is -1.97. The molecular weight excluding hydrogens is 204 g/mol. The van der Waals surface area contributed by atoms with Crippen molar-refractivity contribution in [3.8, 4) is 0 Å². The number of hydrogen-bond acceptors (Lipinski definition) is 2. The molecule has 0 saturated carbocycles. The summed E-state index contributed by atoms with van der Waals surface area (Å²) in [7, 11) is 0. The third kappa shape index (κ3) is 2.05. The second-order valence-corrected chi connectivity index (χ2v) is 3.82. The maximum atomic E-state index is 10.8. The average molecular weight is 218 g/mol. The van der Waals surface area contributed by atoms with E-state index in [4.69, 9.17) is 5.11 Å². The Labute approximate surface area is 93.5 Å². The summed E-state index contributed by atoms with van der Waals surface area (Å²) in [6.45, 7) is 2.14. The zero-order valence-corrected chi connectivity index (χ0v) is 9.18. The molecule has 0 aliphatic rings. The highest BCUT2D eigenvalue weighted by molar-refractivity contribution is 5.87. The molecule has 4 heteroatoms. The van der Waals surface area contributed by atoms with Crippen LogP contribution in [0.25, 0.3) is 5.65 Å². The number of rotatable bonds is 4. The smallest absolute Gasteiger partial charge is 0.337 e. The normalized spacial score (nSPS) is 10.8. The van der Waals surface area contributed by atoms with E-state index in [9.17, 15) is 4.79 Å². The zero-order chi connectivity index (χ0) is 11.5. The summed E-state index contributed by atoms with van der Waals surface area (Å²) < 4.78 is 1.77. The highest BCUT2D eigenvalue weighted by Crippen LogP contribution is 2.10. The second-order valence-electron chi connectivity index (χ2n) is 3.82. The number of aromatic nitrogens is 2. The molecule has 16 heavy (non-hydrogen) atoms. The largest absolute Gasteiger partial charge is 0.478 e. The van der Waals surface area contributed by atoms with Gasteiger partial charge in [-0.3, -0.25) is 0 Å². The molecule has 0 saturated heterocycles. The van der Waals surface area contributed by atoms with E-state index in [0.717, 1.165) is 30.6 Å². The van der Waals surface area contributed by atoms with E-state index >= 15 is 0 Å². The number of hydrogen-bond donors (Lipinski definition) is 1. The Hall–Kier alpha value is -1.84. The quantitative estimate of drug-likeness (QED) is 0.857. The van der Waals surface area contributed by atoms with E-state index in [1.165, 1.54) is 0 Å². The van der Waals surface area contributed by atoms with Crippen molar-refractivity contribution in [2.45, 2.75) is 26.2 Å². The van der Waals surface area contributed by atoms with E-state index in [1.54, 1.807) is 22.7 Å². The number of aromatic carboxylic acids is 1. The van der Waals surface area contributed by atoms with Gasteiger partial charge in [-0.05, 0) is 25.0 Å². The van der Waals surface area contributed by atoms with Crippen LogP contribution in [0.15, 0.2) is 24.5 Å². The van der Waals surface area contributed by atoms with E-state index in [2.05, 4.69) is 11.9 Å². The fourth-order valence-corrected chi connectivity index (χ4v) is 1.65. The van der Waals surface area contributed by atoms with E-state index in [-0.39, 0.29) is 5.56 Å². The van der Waals surface area contributed by atoms with Gasteiger partial charge >= 0.3 is 5.97 Å². The Kier molecular flexibility index (Phi) is 2.90. The van der Waals surface area contributed by atoms with Gasteiger partial charge in [0.25, 0.3) is 0 Å². The van der Waals surface area contributed by atoms with Crippen molar-refractivity contribution in [1.82, 2.24) is 9.38 Å². The maximum Gasteiger partial charge on any atom is 0.337 e. The Bertz CT molecular complexity index is 517. The molecule has 4 nitrogen and oxygen atoms in total.